The highest BCUT2D eigenvalue weighted by Gasteiger charge is 2.25. The van der Waals surface area contributed by atoms with Crippen molar-refractivity contribution in [1.82, 2.24) is 4.90 Å². The van der Waals surface area contributed by atoms with E-state index in [-0.39, 0.29) is 6.61 Å². The summed E-state index contributed by atoms with van der Waals surface area (Å²) < 4.78 is 0. The molecule has 2 aromatic rings. The van der Waals surface area contributed by atoms with Crippen LogP contribution in [0.25, 0.3) is 0 Å². The van der Waals surface area contributed by atoms with E-state index in [1.165, 1.54) is 21.8 Å². The number of fused-ring (bicyclic) bond motifs is 1. The van der Waals surface area contributed by atoms with E-state index in [4.69, 9.17) is 16.6 Å². The number of nitrogen functional groups attached to an aromatic ring is 1. The van der Waals surface area contributed by atoms with Gasteiger partial charge in [-0.3, -0.25) is 9.69 Å². The lowest BCUT2D eigenvalue weighted by Gasteiger charge is -2.27. The molecular weight excluding hydrogens is 310 g/mol. The van der Waals surface area contributed by atoms with E-state index in [2.05, 4.69) is 29.2 Å². The zero-order valence-corrected chi connectivity index (χ0v) is 14.1. The molecule has 23 heavy (non-hydrogen) atoms. The number of hydrogen-bond acceptors (Lipinski definition) is 5. The van der Waals surface area contributed by atoms with Crippen molar-refractivity contribution in [3.63, 3.8) is 0 Å². The summed E-state index contributed by atoms with van der Waals surface area (Å²) in [6.45, 7) is 4.62. The number of carbonyl (C=O) groups excluding carboxylic acids is 1. The van der Waals surface area contributed by atoms with Gasteiger partial charge in [-0.2, -0.15) is 0 Å². The van der Waals surface area contributed by atoms with E-state index in [0.29, 0.717) is 10.6 Å². The minimum Gasteiger partial charge on any atom is -0.397 e. The molecule has 5 N–H and O–H groups in total. The topological polar surface area (TPSA) is 92.6 Å². The fraction of sp³-hybridized carbons (Fsp3) is 0.353. The van der Waals surface area contributed by atoms with Gasteiger partial charge in [0, 0.05) is 31.1 Å². The standard InChI is InChI=1S/C15H17N3OS.C2H6O/c16-14(19)13-11-6-7-18(9-12(11)20-15(13)17)8-10-4-2-1-3-5-10;1-2-3/h1-5H,6-9,17H2,(H2,16,19);3H,2H2,1H3. The first-order chi connectivity index (χ1) is 11.1. The molecule has 0 aliphatic carbocycles. The number of aliphatic hydroxyl groups excluding tert-OH is 1. The lowest BCUT2D eigenvalue weighted by Crippen LogP contribution is -2.30. The third-order valence-corrected chi connectivity index (χ3v) is 4.70. The number of aliphatic hydroxyl groups is 1. The quantitative estimate of drug-likeness (QED) is 0.801. The smallest absolute Gasteiger partial charge is 0.251 e. The first-order valence-electron chi connectivity index (χ1n) is 7.63. The Balaban J connectivity index is 0.000000595. The molecule has 0 saturated carbocycles. The average Bonchev–Trinajstić information content (AvgIpc) is 2.84. The molecule has 1 amide bonds. The van der Waals surface area contributed by atoms with Gasteiger partial charge < -0.3 is 16.6 Å². The summed E-state index contributed by atoms with van der Waals surface area (Å²) in [5.74, 6) is -0.406. The molecule has 0 unspecified atom stereocenters. The van der Waals surface area contributed by atoms with Crippen LogP contribution in [0.4, 0.5) is 5.00 Å². The fourth-order valence-electron chi connectivity index (χ4n) is 2.72. The maximum Gasteiger partial charge on any atom is 0.251 e. The number of thiophene rings is 1. The van der Waals surface area contributed by atoms with Crippen molar-refractivity contribution in [3.8, 4) is 0 Å². The zero-order chi connectivity index (χ0) is 16.8. The predicted octanol–water partition coefficient (Wildman–Crippen LogP) is 1.99. The van der Waals surface area contributed by atoms with Crippen LogP contribution in [0.1, 0.15) is 33.3 Å². The second kappa shape index (κ2) is 8.10. The van der Waals surface area contributed by atoms with Crippen LogP contribution in [0.15, 0.2) is 30.3 Å². The van der Waals surface area contributed by atoms with Crippen LogP contribution >= 0.6 is 11.3 Å². The molecule has 0 saturated heterocycles. The highest BCUT2D eigenvalue weighted by molar-refractivity contribution is 7.16. The minimum atomic E-state index is -0.406. The molecule has 124 valence electrons. The van der Waals surface area contributed by atoms with E-state index in [1.54, 1.807) is 6.92 Å². The Morgan fingerprint density at radius 3 is 2.61 bits per heavy atom. The zero-order valence-electron chi connectivity index (χ0n) is 13.3. The number of carbonyl (C=O) groups is 1. The van der Waals surface area contributed by atoms with Crippen LogP contribution < -0.4 is 11.5 Å². The van der Waals surface area contributed by atoms with Crippen molar-refractivity contribution in [1.29, 1.82) is 0 Å². The third kappa shape index (κ3) is 4.31. The summed E-state index contributed by atoms with van der Waals surface area (Å²) >= 11 is 1.49. The minimum absolute atomic E-state index is 0.250. The Kier molecular flexibility index (Phi) is 6.15. The van der Waals surface area contributed by atoms with Gasteiger partial charge in [-0.05, 0) is 24.5 Å². The van der Waals surface area contributed by atoms with Crippen LogP contribution in [0.2, 0.25) is 0 Å². The van der Waals surface area contributed by atoms with Gasteiger partial charge >= 0.3 is 0 Å². The van der Waals surface area contributed by atoms with E-state index >= 15 is 0 Å². The molecule has 0 fully saturated rings. The molecule has 2 heterocycles. The fourth-order valence-corrected chi connectivity index (χ4v) is 3.89. The van der Waals surface area contributed by atoms with Gasteiger partial charge in [0.1, 0.15) is 0 Å². The number of rotatable bonds is 3. The summed E-state index contributed by atoms with van der Waals surface area (Å²) in [5, 5.41) is 8.13. The summed E-state index contributed by atoms with van der Waals surface area (Å²) in [6.07, 6.45) is 0.841. The number of anilines is 1. The van der Waals surface area contributed by atoms with Crippen molar-refractivity contribution < 1.29 is 9.90 Å². The molecule has 6 heteroatoms. The Hall–Kier alpha value is -1.89. The second-order valence-corrected chi connectivity index (χ2v) is 6.51. The summed E-state index contributed by atoms with van der Waals surface area (Å²) in [6, 6.07) is 10.4. The van der Waals surface area contributed by atoms with Crippen molar-refractivity contribution >= 4 is 22.2 Å². The first kappa shape index (κ1) is 17.5. The van der Waals surface area contributed by atoms with Gasteiger partial charge in [0.25, 0.3) is 5.91 Å². The van der Waals surface area contributed by atoms with Crippen molar-refractivity contribution in [2.75, 3.05) is 18.9 Å². The predicted molar refractivity (Wildman–Crippen MR) is 94.3 cm³/mol. The Labute approximate surface area is 140 Å². The maximum atomic E-state index is 11.5. The maximum absolute atomic E-state index is 11.5. The molecule has 3 rings (SSSR count). The van der Waals surface area contributed by atoms with E-state index in [9.17, 15) is 4.79 Å². The average molecular weight is 333 g/mol. The van der Waals surface area contributed by atoms with Crippen LogP contribution in [0, 0.1) is 0 Å². The lowest BCUT2D eigenvalue weighted by atomic mass is 10.0. The van der Waals surface area contributed by atoms with E-state index in [0.717, 1.165) is 31.6 Å². The van der Waals surface area contributed by atoms with Gasteiger partial charge in [-0.15, -0.1) is 11.3 Å². The third-order valence-electron chi connectivity index (χ3n) is 3.66. The monoisotopic (exact) mass is 333 g/mol. The molecular formula is C17H23N3O2S. The number of nitrogens with two attached hydrogens (primary N) is 2. The van der Waals surface area contributed by atoms with Gasteiger partial charge in [0.15, 0.2) is 0 Å². The normalized spacial score (nSPS) is 13.8. The molecule has 0 radical (unpaired) electrons. The number of amides is 1. The number of benzene rings is 1. The highest BCUT2D eigenvalue weighted by Crippen LogP contribution is 2.35. The Bertz CT molecular complexity index is 655. The molecule has 0 spiro atoms. The molecule has 1 aromatic carbocycles. The molecule has 1 aromatic heterocycles. The second-order valence-electron chi connectivity index (χ2n) is 5.37. The van der Waals surface area contributed by atoms with Crippen molar-refractivity contribution in [3.05, 3.63) is 51.9 Å². The van der Waals surface area contributed by atoms with Crippen molar-refractivity contribution in [2.24, 2.45) is 5.73 Å². The lowest BCUT2D eigenvalue weighted by molar-refractivity contribution is 0.1000. The number of hydrogen-bond donors (Lipinski definition) is 3. The summed E-state index contributed by atoms with van der Waals surface area (Å²) in [5.41, 5.74) is 14.2. The van der Waals surface area contributed by atoms with Gasteiger partial charge in [0.05, 0.1) is 10.6 Å². The summed E-state index contributed by atoms with van der Waals surface area (Å²) in [4.78, 5) is 15.0. The van der Waals surface area contributed by atoms with Crippen LogP contribution in [0.3, 0.4) is 0 Å². The molecule has 1 aliphatic rings. The Morgan fingerprint density at radius 1 is 1.35 bits per heavy atom. The number of nitrogens with zero attached hydrogens (tertiary/aromatic N) is 1. The van der Waals surface area contributed by atoms with Crippen molar-refractivity contribution in [2.45, 2.75) is 26.4 Å². The molecule has 0 bridgehead atoms. The van der Waals surface area contributed by atoms with Gasteiger partial charge in [-0.25, -0.2) is 0 Å². The summed E-state index contributed by atoms with van der Waals surface area (Å²) in [7, 11) is 0. The molecule has 0 atom stereocenters. The van der Waals surface area contributed by atoms with Gasteiger partial charge in [0.2, 0.25) is 0 Å². The number of primary amides is 1. The van der Waals surface area contributed by atoms with Crippen LogP contribution in [-0.2, 0) is 19.5 Å². The van der Waals surface area contributed by atoms with E-state index < -0.39 is 5.91 Å². The van der Waals surface area contributed by atoms with Crippen LogP contribution in [0.5, 0.6) is 0 Å². The molecule has 5 nitrogen and oxygen atoms in total. The highest BCUT2D eigenvalue weighted by atomic mass is 32.1. The van der Waals surface area contributed by atoms with Crippen LogP contribution in [-0.4, -0.2) is 29.1 Å². The van der Waals surface area contributed by atoms with E-state index in [1.807, 2.05) is 6.07 Å². The van der Waals surface area contributed by atoms with Gasteiger partial charge in [-0.1, -0.05) is 30.3 Å². The first-order valence-corrected chi connectivity index (χ1v) is 8.45. The SMILES string of the molecule is CCO.NC(=O)c1c(N)sc2c1CCN(Cc1ccccc1)C2. The molecule has 1 aliphatic heterocycles. The Morgan fingerprint density at radius 2 is 2.00 bits per heavy atom. The largest absolute Gasteiger partial charge is 0.397 e.